The Bertz CT molecular complexity index is 464. The predicted molar refractivity (Wildman–Crippen MR) is 75.6 cm³/mol. The Morgan fingerprint density at radius 1 is 1.21 bits per heavy atom. The standard InChI is InChI=1S/C15H22N2O2/c1-15(2,11-16)17(3)9-8-12-6-7-13(18-4)14(10-12)19-5/h6-7,10H,8-9H2,1-5H3. The van der Waals surface area contributed by atoms with Crippen LogP contribution in [-0.4, -0.2) is 38.3 Å². The number of hydrogen-bond acceptors (Lipinski definition) is 4. The molecule has 1 aromatic rings. The van der Waals surface area contributed by atoms with E-state index in [2.05, 4.69) is 6.07 Å². The molecular formula is C15H22N2O2. The lowest BCUT2D eigenvalue weighted by Crippen LogP contribution is -2.40. The van der Waals surface area contributed by atoms with Crippen molar-refractivity contribution in [2.24, 2.45) is 0 Å². The third kappa shape index (κ3) is 3.87. The van der Waals surface area contributed by atoms with Crippen LogP contribution in [0.5, 0.6) is 11.5 Å². The average Bonchev–Trinajstić information content (AvgIpc) is 2.44. The van der Waals surface area contributed by atoms with Gasteiger partial charge in [0.1, 0.15) is 5.54 Å². The average molecular weight is 262 g/mol. The number of likely N-dealkylation sites (N-methyl/N-ethyl adjacent to an activating group) is 1. The maximum atomic E-state index is 9.08. The highest BCUT2D eigenvalue weighted by molar-refractivity contribution is 5.42. The van der Waals surface area contributed by atoms with Gasteiger partial charge >= 0.3 is 0 Å². The minimum atomic E-state index is -0.448. The van der Waals surface area contributed by atoms with Crippen LogP contribution in [0.25, 0.3) is 0 Å². The first-order valence-corrected chi connectivity index (χ1v) is 6.28. The molecule has 0 amide bonds. The number of nitrogens with zero attached hydrogens (tertiary/aromatic N) is 2. The molecule has 0 heterocycles. The Morgan fingerprint density at radius 3 is 2.37 bits per heavy atom. The lowest BCUT2D eigenvalue weighted by Gasteiger charge is -2.28. The van der Waals surface area contributed by atoms with E-state index in [1.54, 1.807) is 14.2 Å². The van der Waals surface area contributed by atoms with E-state index in [4.69, 9.17) is 14.7 Å². The molecule has 104 valence electrons. The molecule has 19 heavy (non-hydrogen) atoms. The van der Waals surface area contributed by atoms with Crippen LogP contribution in [0.4, 0.5) is 0 Å². The second kappa shape index (κ2) is 6.44. The van der Waals surface area contributed by atoms with Crippen LogP contribution in [0.2, 0.25) is 0 Å². The van der Waals surface area contributed by atoms with Gasteiger partial charge in [0, 0.05) is 6.54 Å². The van der Waals surface area contributed by atoms with Crippen LogP contribution in [-0.2, 0) is 6.42 Å². The summed E-state index contributed by atoms with van der Waals surface area (Å²) >= 11 is 0. The van der Waals surface area contributed by atoms with E-state index in [0.717, 1.165) is 24.5 Å². The van der Waals surface area contributed by atoms with Crippen LogP contribution >= 0.6 is 0 Å². The minimum Gasteiger partial charge on any atom is -0.493 e. The molecular weight excluding hydrogens is 240 g/mol. The fourth-order valence-corrected chi connectivity index (χ4v) is 1.70. The molecule has 0 aliphatic heterocycles. The zero-order chi connectivity index (χ0) is 14.5. The lowest BCUT2D eigenvalue weighted by molar-refractivity contribution is 0.214. The smallest absolute Gasteiger partial charge is 0.160 e. The highest BCUT2D eigenvalue weighted by Crippen LogP contribution is 2.27. The van der Waals surface area contributed by atoms with Crippen LogP contribution < -0.4 is 9.47 Å². The summed E-state index contributed by atoms with van der Waals surface area (Å²) in [5.41, 5.74) is 0.717. The van der Waals surface area contributed by atoms with Crippen molar-refractivity contribution in [1.29, 1.82) is 5.26 Å². The topological polar surface area (TPSA) is 45.5 Å². The fraction of sp³-hybridized carbons (Fsp3) is 0.533. The zero-order valence-corrected chi connectivity index (χ0v) is 12.4. The van der Waals surface area contributed by atoms with Gasteiger partial charge in [-0.25, -0.2) is 0 Å². The third-order valence-electron chi connectivity index (χ3n) is 3.41. The van der Waals surface area contributed by atoms with Crippen LogP contribution in [0.3, 0.4) is 0 Å². The molecule has 0 saturated carbocycles. The highest BCUT2D eigenvalue weighted by atomic mass is 16.5. The van der Waals surface area contributed by atoms with Gasteiger partial charge in [0.15, 0.2) is 11.5 Å². The van der Waals surface area contributed by atoms with Crippen molar-refractivity contribution in [3.63, 3.8) is 0 Å². The molecule has 1 rings (SSSR count). The van der Waals surface area contributed by atoms with Gasteiger partial charge in [-0.05, 0) is 45.0 Å². The molecule has 0 aliphatic carbocycles. The van der Waals surface area contributed by atoms with Crippen molar-refractivity contribution in [1.82, 2.24) is 4.90 Å². The van der Waals surface area contributed by atoms with Crippen LogP contribution in [0.15, 0.2) is 18.2 Å². The summed E-state index contributed by atoms with van der Waals surface area (Å²) in [6.45, 7) is 4.65. The summed E-state index contributed by atoms with van der Waals surface area (Å²) in [6.07, 6.45) is 0.863. The van der Waals surface area contributed by atoms with Crippen molar-refractivity contribution in [3.05, 3.63) is 23.8 Å². The van der Waals surface area contributed by atoms with Gasteiger partial charge in [-0.2, -0.15) is 5.26 Å². The lowest BCUT2D eigenvalue weighted by atomic mass is 10.0. The summed E-state index contributed by atoms with van der Waals surface area (Å²) in [6, 6.07) is 8.21. The second-order valence-corrected chi connectivity index (χ2v) is 5.03. The minimum absolute atomic E-state index is 0.448. The third-order valence-corrected chi connectivity index (χ3v) is 3.41. The van der Waals surface area contributed by atoms with Crippen LogP contribution in [0, 0.1) is 11.3 Å². The monoisotopic (exact) mass is 262 g/mol. The van der Waals surface area contributed by atoms with E-state index in [0.29, 0.717) is 0 Å². The Labute approximate surface area is 115 Å². The van der Waals surface area contributed by atoms with Gasteiger partial charge in [0.2, 0.25) is 0 Å². The van der Waals surface area contributed by atoms with Gasteiger partial charge in [-0.3, -0.25) is 4.90 Å². The molecule has 4 nitrogen and oxygen atoms in total. The molecule has 0 aliphatic rings. The summed E-state index contributed by atoms with van der Waals surface area (Å²) in [5, 5.41) is 9.08. The Hall–Kier alpha value is -1.73. The Morgan fingerprint density at radius 2 is 1.84 bits per heavy atom. The molecule has 0 fully saturated rings. The van der Waals surface area contributed by atoms with Gasteiger partial charge in [0.25, 0.3) is 0 Å². The van der Waals surface area contributed by atoms with Gasteiger partial charge < -0.3 is 9.47 Å². The molecule has 0 bridgehead atoms. The van der Waals surface area contributed by atoms with Gasteiger partial charge in [-0.15, -0.1) is 0 Å². The summed E-state index contributed by atoms with van der Waals surface area (Å²) in [7, 11) is 5.22. The number of hydrogen-bond donors (Lipinski definition) is 0. The van der Waals surface area contributed by atoms with Crippen LogP contribution in [0.1, 0.15) is 19.4 Å². The SMILES string of the molecule is COc1ccc(CCN(C)C(C)(C)C#N)cc1OC. The maximum absolute atomic E-state index is 9.08. The molecule has 0 N–H and O–H groups in total. The zero-order valence-electron chi connectivity index (χ0n) is 12.4. The van der Waals surface area contributed by atoms with Crippen molar-refractivity contribution in [2.45, 2.75) is 25.8 Å². The first-order valence-electron chi connectivity index (χ1n) is 6.28. The normalized spacial score (nSPS) is 11.2. The number of ether oxygens (including phenoxy) is 2. The number of benzene rings is 1. The Kier molecular flexibility index (Phi) is 5.20. The van der Waals surface area contributed by atoms with E-state index < -0.39 is 5.54 Å². The quantitative estimate of drug-likeness (QED) is 0.790. The Balaban J connectivity index is 2.72. The molecule has 0 saturated heterocycles. The summed E-state index contributed by atoms with van der Waals surface area (Å²) < 4.78 is 10.5. The molecule has 0 spiro atoms. The fourth-order valence-electron chi connectivity index (χ4n) is 1.70. The number of methoxy groups -OCH3 is 2. The van der Waals surface area contributed by atoms with E-state index in [-0.39, 0.29) is 0 Å². The first kappa shape index (κ1) is 15.3. The number of nitriles is 1. The molecule has 1 aromatic carbocycles. The van der Waals surface area contributed by atoms with E-state index in [9.17, 15) is 0 Å². The van der Waals surface area contributed by atoms with Gasteiger partial charge in [0.05, 0.1) is 20.3 Å². The van der Waals surface area contributed by atoms with E-state index >= 15 is 0 Å². The maximum Gasteiger partial charge on any atom is 0.160 e. The van der Waals surface area contributed by atoms with E-state index in [1.165, 1.54) is 5.56 Å². The van der Waals surface area contributed by atoms with Gasteiger partial charge in [-0.1, -0.05) is 6.07 Å². The largest absolute Gasteiger partial charge is 0.493 e. The second-order valence-electron chi connectivity index (χ2n) is 5.03. The van der Waals surface area contributed by atoms with Crippen molar-refractivity contribution in [3.8, 4) is 17.6 Å². The van der Waals surface area contributed by atoms with Crippen molar-refractivity contribution < 1.29 is 9.47 Å². The highest BCUT2D eigenvalue weighted by Gasteiger charge is 2.22. The van der Waals surface area contributed by atoms with Crippen molar-refractivity contribution >= 4 is 0 Å². The molecule has 4 heteroatoms. The summed E-state index contributed by atoms with van der Waals surface area (Å²) in [5.74, 6) is 1.47. The van der Waals surface area contributed by atoms with Crippen molar-refractivity contribution in [2.75, 3.05) is 27.8 Å². The molecule has 0 aromatic heterocycles. The number of rotatable bonds is 6. The molecule has 0 atom stereocenters. The van der Waals surface area contributed by atoms with E-state index in [1.807, 2.05) is 44.0 Å². The molecule has 0 unspecified atom stereocenters. The summed E-state index contributed by atoms with van der Waals surface area (Å²) in [4.78, 5) is 2.05. The first-order chi connectivity index (χ1) is 8.94. The molecule has 0 radical (unpaired) electrons. The predicted octanol–water partition coefficient (Wildman–Crippen LogP) is 2.48.